The number of nitrogens with one attached hydrogen (secondary N) is 1. The highest BCUT2D eigenvalue weighted by Gasteiger charge is 2.33. The summed E-state index contributed by atoms with van der Waals surface area (Å²) in [5, 5.41) is 5.34. The van der Waals surface area contributed by atoms with E-state index in [2.05, 4.69) is 26.1 Å². The van der Waals surface area contributed by atoms with Crippen LogP contribution in [0.25, 0.3) is 0 Å². The molecule has 41 heavy (non-hydrogen) atoms. The Kier molecular flexibility index (Phi) is 9.15. The second-order valence-corrected chi connectivity index (χ2v) is 13.6. The average molecular weight is 630 g/mol. The number of hydrogen-bond acceptors (Lipinski definition) is 5. The van der Waals surface area contributed by atoms with Crippen LogP contribution in [0.4, 0.5) is 5.00 Å². The molecule has 5 rings (SSSR count). The van der Waals surface area contributed by atoms with Gasteiger partial charge in [-0.05, 0) is 78.6 Å². The number of aliphatic imine (C=N–C) groups is 1. The molecule has 0 unspecified atom stereocenters. The molecule has 9 heteroatoms. The van der Waals surface area contributed by atoms with Gasteiger partial charge in [0.15, 0.2) is 0 Å². The van der Waals surface area contributed by atoms with Gasteiger partial charge in [-0.1, -0.05) is 61.6 Å². The summed E-state index contributed by atoms with van der Waals surface area (Å²) in [6.07, 6.45) is 6.13. The monoisotopic (exact) mass is 628 g/mol. The summed E-state index contributed by atoms with van der Waals surface area (Å²) in [6, 6.07) is 14.3. The Morgan fingerprint density at radius 1 is 1.15 bits per heavy atom. The first-order valence-corrected chi connectivity index (χ1v) is 15.4. The lowest BCUT2D eigenvalue weighted by Crippen LogP contribution is -2.28. The first-order valence-electron chi connectivity index (χ1n) is 13.4. The lowest BCUT2D eigenvalue weighted by atomic mass is 9.72. The van der Waals surface area contributed by atoms with Crippen molar-refractivity contribution in [2.24, 2.45) is 16.3 Å². The van der Waals surface area contributed by atoms with Crippen molar-refractivity contribution in [3.63, 3.8) is 0 Å². The predicted octanol–water partition coefficient (Wildman–Crippen LogP) is 9.71. The minimum absolute atomic E-state index is 0.153. The number of hydrogen-bond donors (Lipinski definition) is 1. The van der Waals surface area contributed by atoms with Crippen molar-refractivity contribution >= 4 is 63.3 Å². The van der Waals surface area contributed by atoms with E-state index < -0.39 is 0 Å². The van der Waals surface area contributed by atoms with Crippen LogP contribution in [0.2, 0.25) is 15.1 Å². The molecule has 0 spiro atoms. The Bertz CT molecular complexity index is 1570. The third-order valence-electron chi connectivity index (χ3n) is 7.39. The maximum Gasteiger partial charge on any atom is 0.255 e. The molecule has 2 aromatic carbocycles. The number of benzene rings is 2. The molecule has 1 amide bonds. The maximum atomic E-state index is 13.5. The second kappa shape index (κ2) is 12.6. The number of rotatable bonds is 8. The van der Waals surface area contributed by atoms with Crippen molar-refractivity contribution in [1.82, 2.24) is 5.32 Å². The summed E-state index contributed by atoms with van der Waals surface area (Å²) in [4.78, 5) is 19.6. The fraction of sp³-hybridized carbons (Fsp3) is 0.312. The van der Waals surface area contributed by atoms with Crippen LogP contribution in [0.15, 0.2) is 64.2 Å². The highest BCUT2D eigenvalue weighted by atomic mass is 35.5. The largest absolute Gasteiger partial charge is 0.488 e. The summed E-state index contributed by atoms with van der Waals surface area (Å²) in [5.74, 6) is 1.68. The maximum absolute atomic E-state index is 13.5. The predicted molar refractivity (Wildman–Crippen MR) is 169 cm³/mol. The van der Waals surface area contributed by atoms with Crippen LogP contribution in [0.3, 0.4) is 0 Å². The molecular weight excluding hydrogens is 599 g/mol. The zero-order valence-electron chi connectivity index (χ0n) is 23.1. The van der Waals surface area contributed by atoms with E-state index in [1.54, 1.807) is 54.1 Å². The second-order valence-electron chi connectivity index (χ2n) is 11.2. The Morgan fingerprint density at radius 2 is 1.93 bits per heavy atom. The Hall–Kier alpha value is -2.77. The van der Waals surface area contributed by atoms with Crippen molar-refractivity contribution in [3.8, 4) is 5.75 Å². The van der Waals surface area contributed by atoms with Gasteiger partial charge in [0.25, 0.3) is 5.91 Å². The molecule has 0 bridgehead atoms. The van der Waals surface area contributed by atoms with Crippen molar-refractivity contribution in [2.75, 3.05) is 0 Å². The van der Waals surface area contributed by atoms with Gasteiger partial charge in [0.1, 0.15) is 23.1 Å². The summed E-state index contributed by atoms with van der Waals surface area (Å²) in [7, 11) is 0. The molecule has 0 saturated heterocycles. The third kappa shape index (κ3) is 7.18. The van der Waals surface area contributed by atoms with Gasteiger partial charge in [-0.3, -0.25) is 4.79 Å². The minimum atomic E-state index is -0.153. The first-order chi connectivity index (χ1) is 19.6. The zero-order chi connectivity index (χ0) is 29.1. The van der Waals surface area contributed by atoms with Crippen LogP contribution >= 0.6 is 46.1 Å². The molecule has 214 valence electrons. The zero-order valence-corrected chi connectivity index (χ0v) is 26.2. The van der Waals surface area contributed by atoms with Crippen LogP contribution in [-0.4, -0.2) is 12.1 Å². The van der Waals surface area contributed by atoms with Gasteiger partial charge in [-0.15, -0.1) is 11.3 Å². The van der Waals surface area contributed by atoms with Crippen molar-refractivity contribution in [2.45, 2.75) is 53.2 Å². The fourth-order valence-corrected chi connectivity index (χ4v) is 6.89. The van der Waals surface area contributed by atoms with Crippen LogP contribution in [0.5, 0.6) is 5.75 Å². The van der Waals surface area contributed by atoms with Gasteiger partial charge >= 0.3 is 0 Å². The quantitative estimate of drug-likeness (QED) is 0.197. The molecule has 2 aromatic heterocycles. The highest BCUT2D eigenvalue weighted by Crippen LogP contribution is 2.45. The number of ether oxygens (including phenoxy) is 1. The molecular formula is C32H31Cl3N2O3S. The summed E-state index contributed by atoms with van der Waals surface area (Å²) in [5.41, 5.74) is 3.43. The van der Waals surface area contributed by atoms with E-state index in [0.29, 0.717) is 55.2 Å². The summed E-state index contributed by atoms with van der Waals surface area (Å²) >= 11 is 20.3. The van der Waals surface area contributed by atoms with Crippen LogP contribution < -0.4 is 10.1 Å². The smallest absolute Gasteiger partial charge is 0.255 e. The van der Waals surface area contributed by atoms with Crippen molar-refractivity contribution in [1.29, 1.82) is 0 Å². The molecule has 2 heterocycles. The van der Waals surface area contributed by atoms with Gasteiger partial charge in [-0.25, -0.2) is 4.99 Å². The highest BCUT2D eigenvalue weighted by molar-refractivity contribution is 7.16. The first kappa shape index (κ1) is 29.7. The molecule has 0 aliphatic heterocycles. The number of thiophene rings is 1. The molecule has 1 aliphatic rings. The van der Waals surface area contributed by atoms with Crippen LogP contribution in [0.1, 0.15) is 64.9 Å². The Labute approximate surface area is 259 Å². The fourth-order valence-electron chi connectivity index (χ4n) is 4.98. The molecule has 1 aliphatic carbocycles. The number of nitrogens with zero attached hydrogens (tertiary/aromatic N) is 1. The average Bonchev–Trinajstić information content (AvgIpc) is 3.57. The SMILES string of the molecule is CC(C)(C)[C@H]1CCc2c(sc(N=Cc3cc(Cl)ccc3OCc3ccc(Cl)cc3Cl)c2C(=O)NCc2ccco2)C1. The number of carbonyl (C=O) groups is 1. The standard InChI is InChI=1S/C32H31Cl3N2O3S/c1-32(2,3)21-7-10-25-28(14-21)41-31(29(25)30(38)36-17-24-5-4-12-39-24)37-16-20-13-22(33)9-11-27(20)40-18-19-6-8-23(34)15-26(19)35/h4-6,8-9,11-13,15-16,21H,7,10,14,17-18H2,1-3H3,(H,36,38)/t21-/m0/s1. The van der Waals surface area contributed by atoms with E-state index in [-0.39, 0.29) is 17.9 Å². The topological polar surface area (TPSA) is 63.8 Å². The number of carbonyl (C=O) groups excluding carboxylic acids is 1. The third-order valence-corrected chi connectivity index (χ3v) is 9.38. The minimum Gasteiger partial charge on any atom is -0.488 e. The summed E-state index contributed by atoms with van der Waals surface area (Å²) < 4.78 is 11.5. The molecule has 0 fully saturated rings. The lowest BCUT2D eigenvalue weighted by Gasteiger charge is -2.33. The molecule has 1 N–H and O–H groups in total. The number of furan rings is 1. The Morgan fingerprint density at radius 3 is 2.66 bits per heavy atom. The lowest BCUT2D eigenvalue weighted by molar-refractivity contribution is 0.0947. The van der Waals surface area contributed by atoms with Gasteiger partial charge in [0.2, 0.25) is 0 Å². The van der Waals surface area contributed by atoms with E-state index in [1.807, 2.05) is 18.2 Å². The molecule has 0 saturated carbocycles. The molecule has 1 atom stereocenters. The Balaban J connectivity index is 1.44. The van der Waals surface area contributed by atoms with Gasteiger partial charge < -0.3 is 14.5 Å². The van der Waals surface area contributed by atoms with Crippen molar-refractivity contribution in [3.05, 3.63) is 103 Å². The van der Waals surface area contributed by atoms with E-state index in [1.165, 1.54) is 4.88 Å². The molecule has 5 nitrogen and oxygen atoms in total. The van der Waals surface area contributed by atoms with Crippen LogP contribution in [-0.2, 0) is 26.0 Å². The number of halogens is 3. The number of amides is 1. The van der Waals surface area contributed by atoms with Gasteiger partial charge in [0.05, 0.1) is 18.4 Å². The normalized spacial score (nSPS) is 15.2. The van der Waals surface area contributed by atoms with Crippen LogP contribution in [0, 0.1) is 11.3 Å². The molecule has 4 aromatic rings. The van der Waals surface area contributed by atoms with E-state index in [4.69, 9.17) is 48.9 Å². The van der Waals surface area contributed by atoms with Gasteiger partial charge in [0, 0.05) is 37.3 Å². The summed E-state index contributed by atoms with van der Waals surface area (Å²) in [6.45, 7) is 7.41. The van der Waals surface area contributed by atoms with E-state index in [0.717, 1.165) is 30.4 Å². The van der Waals surface area contributed by atoms with E-state index >= 15 is 0 Å². The van der Waals surface area contributed by atoms with Crippen molar-refractivity contribution < 1.29 is 13.9 Å². The van der Waals surface area contributed by atoms with E-state index in [9.17, 15) is 4.79 Å². The van der Waals surface area contributed by atoms with Gasteiger partial charge in [-0.2, -0.15) is 0 Å². The molecule has 0 radical (unpaired) electrons. The number of fused-ring (bicyclic) bond motifs is 1.